The Morgan fingerprint density at radius 3 is 2.61 bits per heavy atom. The van der Waals surface area contributed by atoms with Crippen LogP contribution in [0, 0.1) is 10.1 Å². The Hall–Kier alpha value is -3.88. The maximum absolute atomic E-state index is 12.0. The van der Waals surface area contributed by atoms with Gasteiger partial charge in [0, 0.05) is 18.7 Å². The summed E-state index contributed by atoms with van der Waals surface area (Å²) in [5.74, 6) is 0.240. The van der Waals surface area contributed by atoms with Gasteiger partial charge < -0.3 is 19.5 Å². The highest BCUT2D eigenvalue weighted by Gasteiger charge is 2.22. The van der Waals surface area contributed by atoms with Gasteiger partial charge in [-0.1, -0.05) is 6.07 Å². The van der Waals surface area contributed by atoms with Crippen molar-refractivity contribution in [1.29, 1.82) is 0 Å². The summed E-state index contributed by atoms with van der Waals surface area (Å²) in [7, 11) is 1.24. The number of amides is 1. The summed E-state index contributed by atoms with van der Waals surface area (Å²) in [5.41, 5.74) is 0.206. The molecule has 0 bridgehead atoms. The Bertz CT molecular complexity index is 986. The number of benzene rings is 2. The van der Waals surface area contributed by atoms with Crippen LogP contribution in [0.5, 0.6) is 17.2 Å². The van der Waals surface area contributed by atoms with E-state index in [-0.39, 0.29) is 17.3 Å². The van der Waals surface area contributed by atoms with E-state index in [4.69, 9.17) is 9.47 Å². The third-order valence-electron chi connectivity index (χ3n) is 4.61. The van der Waals surface area contributed by atoms with Crippen LogP contribution in [0.25, 0.3) is 6.08 Å². The van der Waals surface area contributed by atoms with Crippen LogP contribution in [0.2, 0.25) is 0 Å². The maximum atomic E-state index is 12.0. The third kappa shape index (κ3) is 6.05. The molecule has 0 aliphatic carbocycles. The number of nitro benzene ring substituents is 1. The molecule has 31 heavy (non-hydrogen) atoms. The number of hydrogen-bond acceptors (Lipinski definition) is 7. The molecule has 1 saturated heterocycles. The number of ether oxygens (including phenoxy) is 3. The van der Waals surface area contributed by atoms with E-state index in [0.717, 1.165) is 12.8 Å². The number of esters is 1. The second-order valence-corrected chi connectivity index (χ2v) is 6.81. The first kappa shape index (κ1) is 21.8. The van der Waals surface area contributed by atoms with Gasteiger partial charge in [0.05, 0.1) is 12.0 Å². The smallest absolute Gasteiger partial charge is 0.330 e. The molecule has 1 N–H and O–H groups in total. The van der Waals surface area contributed by atoms with Gasteiger partial charge in [0.15, 0.2) is 6.10 Å². The van der Waals surface area contributed by atoms with E-state index in [0.29, 0.717) is 30.0 Å². The van der Waals surface area contributed by atoms with Gasteiger partial charge in [-0.05, 0) is 61.2 Å². The molecule has 1 fully saturated rings. The van der Waals surface area contributed by atoms with Gasteiger partial charge in [-0.15, -0.1) is 0 Å². The largest absolute Gasteiger partial charge is 0.481 e. The number of nitrogens with zero attached hydrogens (tertiary/aromatic N) is 1. The zero-order chi connectivity index (χ0) is 22.2. The fraction of sp³-hybridized carbons (Fsp3) is 0.273. The first-order chi connectivity index (χ1) is 15.0. The number of hydrogen-bond donors (Lipinski definition) is 1. The first-order valence-electron chi connectivity index (χ1n) is 9.73. The minimum atomic E-state index is -0.563. The average Bonchev–Trinajstić information content (AvgIpc) is 2.98. The first-order valence-corrected chi connectivity index (χ1v) is 9.73. The van der Waals surface area contributed by atoms with Gasteiger partial charge in [-0.25, -0.2) is 4.79 Å². The van der Waals surface area contributed by atoms with Crippen LogP contribution < -0.4 is 14.8 Å². The topological polar surface area (TPSA) is 117 Å². The van der Waals surface area contributed by atoms with Gasteiger partial charge in [0.2, 0.25) is 5.75 Å². The van der Waals surface area contributed by atoms with E-state index < -0.39 is 17.0 Å². The number of carbonyl (C=O) groups is 2. The van der Waals surface area contributed by atoms with Crippen LogP contribution >= 0.6 is 0 Å². The van der Waals surface area contributed by atoms with Gasteiger partial charge >= 0.3 is 11.7 Å². The van der Waals surface area contributed by atoms with Crippen molar-refractivity contribution in [3.05, 3.63) is 64.2 Å². The number of methoxy groups -OCH3 is 1. The SMILES string of the molecule is COC(=O)/C=C/c1ccc(Oc2ccc(O[C@H]3CCCCNC3=O)cc2)c([N+](=O)[O-])c1. The molecule has 1 heterocycles. The van der Waals surface area contributed by atoms with Crippen LogP contribution in [-0.2, 0) is 14.3 Å². The molecule has 0 aromatic heterocycles. The zero-order valence-electron chi connectivity index (χ0n) is 16.9. The number of nitrogens with one attached hydrogen (secondary N) is 1. The molecule has 1 atom stereocenters. The van der Waals surface area contributed by atoms with Crippen molar-refractivity contribution in [3.63, 3.8) is 0 Å². The minimum Gasteiger partial charge on any atom is -0.481 e. The molecule has 0 saturated carbocycles. The molecule has 0 radical (unpaired) electrons. The Labute approximate surface area is 178 Å². The van der Waals surface area contributed by atoms with Gasteiger partial charge in [-0.3, -0.25) is 14.9 Å². The quantitative estimate of drug-likeness (QED) is 0.311. The summed E-state index contributed by atoms with van der Waals surface area (Å²) < 4.78 is 15.9. The molecule has 0 spiro atoms. The van der Waals surface area contributed by atoms with Crippen molar-refractivity contribution in [1.82, 2.24) is 5.32 Å². The summed E-state index contributed by atoms with van der Waals surface area (Å²) in [5, 5.41) is 14.3. The highest BCUT2D eigenvalue weighted by molar-refractivity contribution is 5.87. The Balaban J connectivity index is 1.71. The Kier molecular flexibility index (Phi) is 7.21. The summed E-state index contributed by atoms with van der Waals surface area (Å²) >= 11 is 0. The van der Waals surface area contributed by atoms with Gasteiger partial charge in [-0.2, -0.15) is 0 Å². The molecule has 9 heteroatoms. The van der Waals surface area contributed by atoms with Crippen molar-refractivity contribution >= 4 is 23.6 Å². The van der Waals surface area contributed by atoms with Crippen molar-refractivity contribution in [3.8, 4) is 17.2 Å². The molecule has 1 aliphatic rings. The standard InChI is InChI=1S/C22H22N2O7/c1-29-21(25)12-6-15-5-11-19(18(14-15)24(27)28)30-16-7-9-17(10-8-16)31-20-4-2-3-13-23-22(20)26/h5-12,14,20H,2-4,13H2,1H3,(H,23,26)/b12-6+/t20-/m0/s1. The average molecular weight is 426 g/mol. The highest BCUT2D eigenvalue weighted by Crippen LogP contribution is 2.33. The molecule has 2 aromatic rings. The lowest BCUT2D eigenvalue weighted by Gasteiger charge is -2.16. The van der Waals surface area contributed by atoms with E-state index in [1.165, 1.54) is 31.4 Å². The molecular weight excluding hydrogens is 404 g/mol. The van der Waals surface area contributed by atoms with Gasteiger partial charge in [0.1, 0.15) is 11.5 Å². The lowest BCUT2D eigenvalue weighted by atomic mass is 10.1. The van der Waals surface area contributed by atoms with Crippen LogP contribution in [-0.4, -0.2) is 36.6 Å². The van der Waals surface area contributed by atoms with Crippen molar-refractivity contribution in [2.45, 2.75) is 25.4 Å². The predicted molar refractivity (Wildman–Crippen MR) is 112 cm³/mol. The van der Waals surface area contributed by atoms with Crippen LogP contribution in [0.3, 0.4) is 0 Å². The highest BCUT2D eigenvalue weighted by atomic mass is 16.6. The number of rotatable bonds is 7. The second-order valence-electron chi connectivity index (χ2n) is 6.81. The number of nitro groups is 1. The van der Waals surface area contributed by atoms with Crippen LogP contribution in [0.1, 0.15) is 24.8 Å². The van der Waals surface area contributed by atoms with Crippen molar-refractivity contribution in [2.24, 2.45) is 0 Å². The number of carbonyl (C=O) groups excluding carboxylic acids is 2. The normalized spacial score (nSPS) is 16.3. The molecular formula is C22H22N2O7. The zero-order valence-corrected chi connectivity index (χ0v) is 16.9. The summed E-state index contributed by atoms with van der Waals surface area (Å²) in [6.45, 7) is 0.654. The van der Waals surface area contributed by atoms with Crippen molar-refractivity contribution < 1.29 is 28.7 Å². The molecule has 1 aliphatic heterocycles. The molecule has 9 nitrogen and oxygen atoms in total. The van der Waals surface area contributed by atoms with E-state index in [9.17, 15) is 19.7 Å². The van der Waals surface area contributed by atoms with E-state index in [2.05, 4.69) is 10.1 Å². The van der Waals surface area contributed by atoms with E-state index >= 15 is 0 Å². The molecule has 162 valence electrons. The van der Waals surface area contributed by atoms with Gasteiger partial charge in [0.25, 0.3) is 5.91 Å². The summed E-state index contributed by atoms with van der Waals surface area (Å²) in [6.07, 6.45) is 4.52. The second kappa shape index (κ2) is 10.2. The fourth-order valence-electron chi connectivity index (χ4n) is 3.00. The Morgan fingerprint density at radius 2 is 1.90 bits per heavy atom. The third-order valence-corrected chi connectivity index (χ3v) is 4.61. The predicted octanol–water partition coefficient (Wildman–Crippen LogP) is 3.62. The lowest BCUT2D eigenvalue weighted by molar-refractivity contribution is -0.385. The monoisotopic (exact) mass is 426 g/mol. The summed E-state index contributed by atoms with van der Waals surface area (Å²) in [4.78, 5) is 34.1. The van der Waals surface area contributed by atoms with E-state index in [1.54, 1.807) is 30.3 Å². The Morgan fingerprint density at radius 1 is 1.16 bits per heavy atom. The lowest BCUT2D eigenvalue weighted by Crippen LogP contribution is -2.36. The van der Waals surface area contributed by atoms with Crippen molar-refractivity contribution in [2.75, 3.05) is 13.7 Å². The fourth-order valence-corrected chi connectivity index (χ4v) is 3.00. The van der Waals surface area contributed by atoms with Crippen LogP contribution in [0.4, 0.5) is 5.69 Å². The maximum Gasteiger partial charge on any atom is 0.330 e. The molecule has 3 rings (SSSR count). The minimum absolute atomic E-state index is 0.0528. The molecule has 2 aromatic carbocycles. The molecule has 1 amide bonds. The van der Waals surface area contributed by atoms with Crippen LogP contribution in [0.15, 0.2) is 48.5 Å². The summed E-state index contributed by atoms with van der Waals surface area (Å²) in [6, 6.07) is 10.9. The van der Waals surface area contributed by atoms with E-state index in [1.807, 2.05) is 0 Å². The molecule has 0 unspecified atom stereocenters.